The molecule has 0 radical (unpaired) electrons. The number of benzene rings is 1. The summed E-state index contributed by atoms with van der Waals surface area (Å²) in [6.07, 6.45) is 0. The van der Waals surface area contributed by atoms with Crippen molar-refractivity contribution in [2.45, 2.75) is 13.5 Å². The average molecular weight is 262 g/mol. The highest BCUT2D eigenvalue weighted by Gasteiger charge is 2.07. The molecule has 0 aliphatic rings. The first-order valence-electron chi connectivity index (χ1n) is 5.54. The number of amidine groups is 1. The molecule has 2 aromatic rings. The monoisotopic (exact) mass is 262 g/mol. The van der Waals surface area contributed by atoms with Gasteiger partial charge in [-0.3, -0.25) is 0 Å². The lowest BCUT2D eigenvalue weighted by Gasteiger charge is -2.08. The number of rotatable bonds is 4. The van der Waals surface area contributed by atoms with Gasteiger partial charge in [-0.05, 0) is 23.8 Å². The maximum Gasteiger partial charge on any atom is 0.212 e. The maximum atomic E-state index is 8.65. The Bertz CT molecular complexity index is 607. The molecule has 0 aliphatic heterocycles. The van der Waals surface area contributed by atoms with Gasteiger partial charge in [-0.2, -0.15) is 4.80 Å². The molecule has 2 rings (SSSR count). The van der Waals surface area contributed by atoms with Crippen LogP contribution in [0, 0.1) is 6.92 Å². The Morgan fingerprint density at radius 1 is 1.53 bits per heavy atom. The number of aryl methyl sites for hydroxylation is 2. The lowest BCUT2D eigenvalue weighted by atomic mass is 10.1. The minimum Gasteiger partial charge on any atom is -0.485 e. The lowest BCUT2D eigenvalue weighted by Crippen LogP contribution is -2.13. The van der Waals surface area contributed by atoms with Gasteiger partial charge in [0.1, 0.15) is 5.75 Å². The maximum absolute atomic E-state index is 8.65. The second kappa shape index (κ2) is 5.34. The standard InChI is InChI=1S/C11H14N6O2/c1-7-3-4-8(11(12)15-18)5-9(7)19-6-10-13-16-17(2)14-10/h3-5,18H,6H2,1-2H3,(H2,12,15). The van der Waals surface area contributed by atoms with Gasteiger partial charge in [0.15, 0.2) is 12.4 Å². The zero-order valence-corrected chi connectivity index (χ0v) is 10.6. The van der Waals surface area contributed by atoms with Gasteiger partial charge in [0, 0.05) is 5.56 Å². The molecule has 3 N–H and O–H groups in total. The first-order chi connectivity index (χ1) is 9.10. The number of nitrogens with zero attached hydrogens (tertiary/aromatic N) is 5. The van der Waals surface area contributed by atoms with Crippen LogP contribution in [0.2, 0.25) is 0 Å². The normalized spacial score (nSPS) is 11.6. The highest BCUT2D eigenvalue weighted by atomic mass is 16.5. The Hall–Kier alpha value is -2.64. The molecular formula is C11H14N6O2. The predicted molar refractivity (Wildman–Crippen MR) is 66.8 cm³/mol. The van der Waals surface area contributed by atoms with Crippen molar-refractivity contribution in [3.63, 3.8) is 0 Å². The van der Waals surface area contributed by atoms with E-state index >= 15 is 0 Å². The Kier molecular flexibility index (Phi) is 3.60. The van der Waals surface area contributed by atoms with Gasteiger partial charge in [0.25, 0.3) is 0 Å². The van der Waals surface area contributed by atoms with Gasteiger partial charge in [-0.15, -0.1) is 10.2 Å². The van der Waals surface area contributed by atoms with E-state index in [1.165, 1.54) is 4.80 Å². The summed E-state index contributed by atoms with van der Waals surface area (Å²) in [6.45, 7) is 2.10. The van der Waals surface area contributed by atoms with Crippen molar-refractivity contribution < 1.29 is 9.94 Å². The highest BCUT2D eigenvalue weighted by molar-refractivity contribution is 5.97. The number of tetrazole rings is 1. The largest absolute Gasteiger partial charge is 0.485 e. The van der Waals surface area contributed by atoms with Crippen molar-refractivity contribution in [3.05, 3.63) is 35.2 Å². The molecule has 1 heterocycles. The van der Waals surface area contributed by atoms with E-state index in [1.54, 1.807) is 19.2 Å². The first kappa shape index (κ1) is 12.8. The van der Waals surface area contributed by atoms with Gasteiger partial charge in [0.2, 0.25) is 5.82 Å². The van der Waals surface area contributed by atoms with E-state index in [9.17, 15) is 0 Å². The fraction of sp³-hybridized carbons (Fsp3) is 0.273. The van der Waals surface area contributed by atoms with Crippen molar-refractivity contribution in [1.82, 2.24) is 20.2 Å². The first-order valence-corrected chi connectivity index (χ1v) is 5.54. The van der Waals surface area contributed by atoms with Crippen molar-refractivity contribution in [1.29, 1.82) is 0 Å². The van der Waals surface area contributed by atoms with E-state index in [4.69, 9.17) is 15.7 Å². The quantitative estimate of drug-likeness (QED) is 0.352. The Balaban J connectivity index is 2.15. The zero-order valence-electron chi connectivity index (χ0n) is 10.6. The smallest absolute Gasteiger partial charge is 0.212 e. The van der Waals surface area contributed by atoms with E-state index < -0.39 is 0 Å². The Morgan fingerprint density at radius 3 is 2.95 bits per heavy atom. The van der Waals surface area contributed by atoms with E-state index in [0.29, 0.717) is 17.1 Å². The minimum atomic E-state index is 0.0301. The number of ether oxygens (including phenoxy) is 1. The molecular weight excluding hydrogens is 248 g/mol. The molecule has 1 aromatic carbocycles. The summed E-state index contributed by atoms with van der Waals surface area (Å²) in [4.78, 5) is 1.36. The van der Waals surface area contributed by atoms with E-state index in [-0.39, 0.29) is 12.4 Å². The van der Waals surface area contributed by atoms with Crippen LogP contribution in [-0.4, -0.2) is 31.3 Å². The van der Waals surface area contributed by atoms with Crippen LogP contribution >= 0.6 is 0 Å². The SMILES string of the molecule is Cc1ccc(/C(N)=N/O)cc1OCc1nnn(C)n1. The number of nitrogens with two attached hydrogens (primary N) is 1. The van der Waals surface area contributed by atoms with Gasteiger partial charge >= 0.3 is 0 Å². The molecule has 0 unspecified atom stereocenters. The summed E-state index contributed by atoms with van der Waals surface area (Å²) in [7, 11) is 1.68. The fourth-order valence-electron chi connectivity index (χ4n) is 1.50. The molecule has 0 saturated carbocycles. The summed E-state index contributed by atoms with van der Waals surface area (Å²) in [5, 5.41) is 23.1. The van der Waals surface area contributed by atoms with Crippen molar-refractivity contribution >= 4 is 5.84 Å². The molecule has 8 nitrogen and oxygen atoms in total. The molecule has 8 heteroatoms. The molecule has 0 bridgehead atoms. The summed E-state index contributed by atoms with van der Waals surface area (Å²) in [6, 6.07) is 5.27. The minimum absolute atomic E-state index is 0.0301. The van der Waals surface area contributed by atoms with Crippen molar-refractivity contribution in [3.8, 4) is 5.75 Å². The van der Waals surface area contributed by atoms with Crippen LogP contribution < -0.4 is 10.5 Å². The second-order valence-electron chi connectivity index (χ2n) is 3.95. The van der Waals surface area contributed by atoms with Gasteiger partial charge in [-0.25, -0.2) is 0 Å². The van der Waals surface area contributed by atoms with Crippen LogP contribution in [0.25, 0.3) is 0 Å². The molecule has 0 spiro atoms. The van der Waals surface area contributed by atoms with Crippen LogP contribution in [-0.2, 0) is 13.7 Å². The second-order valence-corrected chi connectivity index (χ2v) is 3.95. The van der Waals surface area contributed by atoms with Gasteiger partial charge in [-0.1, -0.05) is 17.3 Å². The third-order valence-electron chi connectivity index (χ3n) is 2.50. The van der Waals surface area contributed by atoms with Crippen LogP contribution in [0.5, 0.6) is 5.75 Å². The molecule has 19 heavy (non-hydrogen) atoms. The molecule has 0 aliphatic carbocycles. The van der Waals surface area contributed by atoms with Crippen molar-refractivity contribution in [2.75, 3.05) is 0 Å². The van der Waals surface area contributed by atoms with E-state index in [1.807, 2.05) is 13.0 Å². The summed E-state index contributed by atoms with van der Waals surface area (Å²) < 4.78 is 5.60. The van der Waals surface area contributed by atoms with E-state index in [2.05, 4.69) is 20.6 Å². The molecule has 0 fully saturated rings. The van der Waals surface area contributed by atoms with Crippen LogP contribution in [0.4, 0.5) is 0 Å². The van der Waals surface area contributed by atoms with Crippen LogP contribution in [0.1, 0.15) is 17.0 Å². The lowest BCUT2D eigenvalue weighted by molar-refractivity contribution is 0.293. The molecule has 100 valence electrons. The summed E-state index contributed by atoms with van der Waals surface area (Å²) in [5.74, 6) is 1.13. The van der Waals surface area contributed by atoms with E-state index in [0.717, 1.165) is 5.56 Å². The topological polar surface area (TPSA) is 111 Å². The third-order valence-corrected chi connectivity index (χ3v) is 2.50. The molecule has 0 atom stereocenters. The predicted octanol–water partition coefficient (Wildman–Crippen LogP) is 0.192. The number of aromatic nitrogens is 4. The fourth-order valence-corrected chi connectivity index (χ4v) is 1.50. The molecule has 1 aromatic heterocycles. The average Bonchev–Trinajstić information content (AvgIpc) is 2.82. The number of oxime groups is 1. The summed E-state index contributed by atoms with van der Waals surface area (Å²) in [5.41, 5.74) is 7.04. The number of hydrogen-bond donors (Lipinski definition) is 2. The number of hydrogen-bond acceptors (Lipinski definition) is 6. The zero-order chi connectivity index (χ0) is 13.8. The Labute approximate surface area is 109 Å². The van der Waals surface area contributed by atoms with Crippen molar-refractivity contribution in [2.24, 2.45) is 17.9 Å². The molecule has 0 amide bonds. The third kappa shape index (κ3) is 2.97. The molecule has 0 saturated heterocycles. The highest BCUT2D eigenvalue weighted by Crippen LogP contribution is 2.20. The Morgan fingerprint density at radius 2 is 2.32 bits per heavy atom. The van der Waals surface area contributed by atoms with Gasteiger partial charge in [0.05, 0.1) is 7.05 Å². The van der Waals surface area contributed by atoms with Gasteiger partial charge < -0.3 is 15.7 Å². The summed E-state index contributed by atoms with van der Waals surface area (Å²) >= 11 is 0. The van der Waals surface area contributed by atoms with Crippen LogP contribution in [0.15, 0.2) is 23.4 Å². The van der Waals surface area contributed by atoms with Crippen LogP contribution in [0.3, 0.4) is 0 Å².